The first-order valence-corrected chi connectivity index (χ1v) is 6.65. The molecule has 2 nitrogen and oxygen atoms in total. The number of rotatable bonds is 2. The summed E-state index contributed by atoms with van der Waals surface area (Å²) in [6, 6.07) is 7.39. The summed E-state index contributed by atoms with van der Waals surface area (Å²) in [6.45, 7) is 2.18. The van der Waals surface area contributed by atoms with Gasteiger partial charge < -0.3 is 0 Å². The number of fused-ring (bicyclic) bond motifs is 3. The van der Waals surface area contributed by atoms with E-state index >= 15 is 0 Å². The Morgan fingerprint density at radius 1 is 1.18 bits per heavy atom. The van der Waals surface area contributed by atoms with Crippen LogP contribution >= 0.6 is 11.6 Å². The first-order valence-electron chi connectivity index (χ1n) is 6.28. The second-order valence-electron chi connectivity index (χ2n) is 5.10. The minimum atomic E-state index is 0.115. The van der Waals surface area contributed by atoms with Crippen molar-refractivity contribution in [3.05, 3.63) is 34.9 Å². The van der Waals surface area contributed by atoms with Gasteiger partial charge in [0.25, 0.3) is 0 Å². The van der Waals surface area contributed by atoms with Crippen LogP contribution in [0.25, 0.3) is 0 Å². The van der Waals surface area contributed by atoms with Crippen LogP contribution < -0.4 is 0 Å². The molecular formula is C14H16ClNO. The summed E-state index contributed by atoms with van der Waals surface area (Å²) >= 11 is 5.84. The first kappa shape index (κ1) is 11.2. The van der Waals surface area contributed by atoms with E-state index in [0.29, 0.717) is 5.02 Å². The Balaban J connectivity index is 1.80. The van der Waals surface area contributed by atoms with Crippen molar-refractivity contribution in [2.24, 2.45) is 5.92 Å². The number of halogens is 1. The van der Waals surface area contributed by atoms with Crippen molar-refractivity contribution in [1.82, 2.24) is 4.90 Å². The Labute approximate surface area is 107 Å². The molecule has 3 saturated heterocycles. The van der Waals surface area contributed by atoms with Gasteiger partial charge in [-0.2, -0.15) is 0 Å². The van der Waals surface area contributed by atoms with E-state index in [2.05, 4.69) is 4.90 Å². The van der Waals surface area contributed by atoms with Crippen molar-refractivity contribution < 1.29 is 4.79 Å². The standard InChI is InChI=1S/C14H16ClNO/c15-12-3-1-11(2-4-12)14(17)13-9-10-5-7-16(13)8-6-10/h1-4,10,13H,5-9H2/t13-/m1/s1. The van der Waals surface area contributed by atoms with Gasteiger partial charge in [-0.25, -0.2) is 0 Å². The Morgan fingerprint density at radius 3 is 2.35 bits per heavy atom. The minimum Gasteiger partial charge on any atom is -0.293 e. The number of benzene rings is 1. The van der Waals surface area contributed by atoms with Gasteiger partial charge in [0.1, 0.15) is 0 Å². The van der Waals surface area contributed by atoms with Crippen molar-refractivity contribution in [1.29, 1.82) is 0 Å². The van der Waals surface area contributed by atoms with Crippen molar-refractivity contribution >= 4 is 17.4 Å². The zero-order valence-corrected chi connectivity index (χ0v) is 10.5. The van der Waals surface area contributed by atoms with E-state index in [1.165, 1.54) is 12.8 Å². The molecule has 3 heteroatoms. The van der Waals surface area contributed by atoms with Crippen molar-refractivity contribution in [3.63, 3.8) is 0 Å². The molecule has 0 spiro atoms. The summed E-state index contributed by atoms with van der Waals surface area (Å²) in [5, 5.41) is 0.687. The van der Waals surface area contributed by atoms with Gasteiger partial charge in [0.05, 0.1) is 6.04 Å². The van der Waals surface area contributed by atoms with Crippen LogP contribution in [-0.4, -0.2) is 29.8 Å². The van der Waals surface area contributed by atoms with Gasteiger partial charge >= 0.3 is 0 Å². The summed E-state index contributed by atoms with van der Waals surface area (Å²) < 4.78 is 0. The molecule has 3 aliphatic rings. The average molecular weight is 250 g/mol. The molecule has 1 aromatic carbocycles. The number of Topliss-reactive ketones (excluding diaryl/α,β-unsaturated/α-hetero) is 1. The molecule has 0 aromatic heterocycles. The van der Waals surface area contributed by atoms with Gasteiger partial charge in [-0.15, -0.1) is 0 Å². The fraction of sp³-hybridized carbons (Fsp3) is 0.500. The van der Waals surface area contributed by atoms with Crippen LogP contribution in [0, 0.1) is 5.92 Å². The number of carbonyl (C=O) groups is 1. The molecule has 0 aliphatic carbocycles. The largest absolute Gasteiger partial charge is 0.293 e. The maximum atomic E-state index is 12.4. The Morgan fingerprint density at radius 2 is 1.82 bits per heavy atom. The number of ketones is 1. The predicted octanol–water partition coefficient (Wildman–Crippen LogP) is 3.01. The number of carbonyl (C=O) groups excluding carboxylic acids is 1. The number of nitrogens with zero attached hydrogens (tertiary/aromatic N) is 1. The summed E-state index contributed by atoms with van der Waals surface area (Å²) in [6.07, 6.45) is 3.58. The lowest BCUT2D eigenvalue weighted by Crippen LogP contribution is -2.52. The zero-order chi connectivity index (χ0) is 11.8. The Kier molecular flexibility index (Phi) is 2.93. The molecule has 3 heterocycles. The van der Waals surface area contributed by atoms with Crippen molar-refractivity contribution in [2.75, 3.05) is 13.1 Å². The summed E-state index contributed by atoms with van der Waals surface area (Å²) in [7, 11) is 0. The molecule has 90 valence electrons. The highest BCUT2D eigenvalue weighted by molar-refractivity contribution is 6.30. The van der Waals surface area contributed by atoms with Crippen LogP contribution in [-0.2, 0) is 0 Å². The molecule has 0 unspecified atom stereocenters. The quantitative estimate of drug-likeness (QED) is 0.751. The summed E-state index contributed by atoms with van der Waals surface area (Å²) in [5.74, 6) is 1.03. The third-order valence-corrected chi connectivity index (χ3v) is 4.33. The van der Waals surface area contributed by atoms with Gasteiger partial charge in [0, 0.05) is 10.6 Å². The number of hydrogen-bond donors (Lipinski definition) is 0. The summed E-state index contributed by atoms with van der Waals surface area (Å²) in [4.78, 5) is 14.8. The van der Waals surface area contributed by atoms with Crippen LogP contribution in [0.1, 0.15) is 29.6 Å². The van der Waals surface area contributed by atoms with Gasteiger partial charge in [-0.1, -0.05) is 11.6 Å². The van der Waals surface area contributed by atoms with Crippen LogP contribution in [0.2, 0.25) is 5.02 Å². The second-order valence-corrected chi connectivity index (χ2v) is 5.54. The highest BCUT2D eigenvalue weighted by Crippen LogP contribution is 2.33. The predicted molar refractivity (Wildman–Crippen MR) is 68.5 cm³/mol. The number of hydrogen-bond acceptors (Lipinski definition) is 2. The minimum absolute atomic E-state index is 0.115. The van der Waals surface area contributed by atoms with Crippen LogP contribution in [0.5, 0.6) is 0 Å². The van der Waals surface area contributed by atoms with E-state index < -0.39 is 0 Å². The molecule has 0 N–H and O–H groups in total. The zero-order valence-electron chi connectivity index (χ0n) is 9.73. The maximum absolute atomic E-state index is 12.4. The van der Waals surface area contributed by atoms with E-state index in [4.69, 9.17) is 11.6 Å². The molecule has 1 aromatic rings. The van der Waals surface area contributed by atoms with E-state index in [1.807, 2.05) is 12.1 Å². The fourth-order valence-corrected chi connectivity index (χ4v) is 3.17. The lowest BCUT2D eigenvalue weighted by atomic mass is 9.81. The molecular weight excluding hydrogens is 234 g/mol. The van der Waals surface area contributed by atoms with E-state index in [1.54, 1.807) is 12.1 Å². The maximum Gasteiger partial charge on any atom is 0.179 e. The topological polar surface area (TPSA) is 20.3 Å². The van der Waals surface area contributed by atoms with Crippen molar-refractivity contribution in [3.8, 4) is 0 Å². The lowest BCUT2D eigenvalue weighted by molar-refractivity contribution is 0.0407. The summed E-state index contributed by atoms with van der Waals surface area (Å²) in [5.41, 5.74) is 0.798. The third-order valence-electron chi connectivity index (χ3n) is 4.08. The molecule has 4 rings (SSSR count). The highest BCUT2D eigenvalue weighted by atomic mass is 35.5. The Bertz CT molecular complexity index is 420. The van der Waals surface area contributed by atoms with Crippen molar-refractivity contribution in [2.45, 2.75) is 25.3 Å². The van der Waals surface area contributed by atoms with E-state index in [0.717, 1.165) is 31.0 Å². The first-order chi connectivity index (χ1) is 8.24. The molecule has 2 bridgehead atoms. The van der Waals surface area contributed by atoms with Gasteiger partial charge in [0.2, 0.25) is 0 Å². The van der Waals surface area contributed by atoms with Gasteiger partial charge in [0.15, 0.2) is 5.78 Å². The molecule has 0 amide bonds. The molecule has 1 atom stereocenters. The third kappa shape index (κ3) is 2.12. The van der Waals surface area contributed by atoms with Crippen LogP contribution in [0.3, 0.4) is 0 Å². The van der Waals surface area contributed by atoms with E-state index in [9.17, 15) is 4.79 Å². The smallest absolute Gasteiger partial charge is 0.179 e. The normalized spacial score (nSPS) is 31.5. The monoisotopic (exact) mass is 249 g/mol. The second kappa shape index (κ2) is 4.43. The van der Waals surface area contributed by atoms with Gasteiger partial charge in [-0.05, 0) is 62.5 Å². The Hall–Kier alpha value is -0.860. The highest BCUT2D eigenvalue weighted by Gasteiger charge is 2.37. The van der Waals surface area contributed by atoms with Crippen LogP contribution in [0.4, 0.5) is 0 Å². The molecule has 3 fully saturated rings. The molecule has 17 heavy (non-hydrogen) atoms. The SMILES string of the molecule is O=C(c1ccc(Cl)cc1)[C@H]1CC2CCN1CC2. The average Bonchev–Trinajstić information content (AvgIpc) is 2.40. The number of piperidine rings is 3. The fourth-order valence-electron chi connectivity index (χ4n) is 3.04. The molecule has 0 saturated carbocycles. The van der Waals surface area contributed by atoms with Gasteiger partial charge in [-0.3, -0.25) is 9.69 Å². The van der Waals surface area contributed by atoms with E-state index in [-0.39, 0.29) is 11.8 Å². The lowest BCUT2D eigenvalue weighted by Gasteiger charge is -2.44. The van der Waals surface area contributed by atoms with Crippen LogP contribution in [0.15, 0.2) is 24.3 Å². The molecule has 0 radical (unpaired) electrons. The molecule has 3 aliphatic heterocycles.